The molecule has 1 aliphatic carbocycles. The highest BCUT2D eigenvalue weighted by molar-refractivity contribution is 6.44. The molecule has 0 heterocycles. The molecule has 0 unspecified atom stereocenters. The second-order valence-corrected chi connectivity index (χ2v) is 8.28. The highest BCUT2D eigenvalue weighted by Crippen LogP contribution is 2.45. The van der Waals surface area contributed by atoms with Gasteiger partial charge in [-0.1, -0.05) is 125 Å². The van der Waals surface area contributed by atoms with Crippen LogP contribution >= 0.6 is 0 Å². The Hall–Kier alpha value is -2.99. The van der Waals surface area contributed by atoms with Gasteiger partial charge in [-0.05, 0) is 49.9 Å². The Labute approximate surface area is 190 Å². The predicted molar refractivity (Wildman–Crippen MR) is 136 cm³/mol. The summed E-state index contributed by atoms with van der Waals surface area (Å²) >= 11 is 0. The van der Waals surface area contributed by atoms with Crippen molar-refractivity contribution in [2.75, 3.05) is 0 Å². The standard InChI is InChI=1S/C15H12B2.2C7H8/c1-9-3-5-11-12-6-4-10(2)8-14(12)15(16,17)13(11)7-9;2*1-7-5-3-2-4-6-7/h3-8H,1-2H3;2*2-6H,1H3. The minimum atomic E-state index is -0.858. The van der Waals surface area contributed by atoms with Crippen molar-refractivity contribution in [1.82, 2.24) is 0 Å². The van der Waals surface area contributed by atoms with Gasteiger partial charge < -0.3 is 0 Å². The second kappa shape index (κ2) is 9.88. The van der Waals surface area contributed by atoms with Crippen LogP contribution in [0.5, 0.6) is 0 Å². The van der Waals surface area contributed by atoms with E-state index >= 15 is 0 Å². The highest BCUT2D eigenvalue weighted by atomic mass is 14.3. The van der Waals surface area contributed by atoms with Gasteiger partial charge in [0.1, 0.15) is 0 Å². The molecule has 0 aromatic heterocycles. The van der Waals surface area contributed by atoms with Gasteiger partial charge in [-0.3, -0.25) is 0 Å². The van der Waals surface area contributed by atoms with Crippen molar-refractivity contribution in [3.05, 3.63) is 130 Å². The number of fused-ring (bicyclic) bond motifs is 3. The molecule has 0 saturated heterocycles. The molecule has 0 saturated carbocycles. The monoisotopic (exact) mass is 398 g/mol. The van der Waals surface area contributed by atoms with E-state index in [4.69, 9.17) is 15.7 Å². The first kappa shape index (κ1) is 22.7. The number of rotatable bonds is 0. The van der Waals surface area contributed by atoms with Gasteiger partial charge in [0.15, 0.2) is 0 Å². The molecule has 1 aliphatic rings. The van der Waals surface area contributed by atoms with Crippen LogP contribution in [0.4, 0.5) is 0 Å². The molecule has 0 nitrogen and oxygen atoms in total. The van der Waals surface area contributed by atoms with Gasteiger partial charge in [-0.25, -0.2) is 0 Å². The zero-order valence-corrected chi connectivity index (χ0v) is 18.9. The first-order valence-corrected chi connectivity index (χ1v) is 10.6. The summed E-state index contributed by atoms with van der Waals surface area (Å²) in [5.74, 6) is 0. The van der Waals surface area contributed by atoms with E-state index in [1.165, 1.54) is 22.3 Å². The molecular weight excluding hydrogens is 370 g/mol. The van der Waals surface area contributed by atoms with Gasteiger partial charge in [0.05, 0.1) is 15.7 Å². The fraction of sp³-hybridized carbons (Fsp3) is 0.172. The van der Waals surface area contributed by atoms with E-state index in [9.17, 15) is 0 Å². The Balaban J connectivity index is 0.000000160. The van der Waals surface area contributed by atoms with Crippen molar-refractivity contribution in [3.63, 3.8) is 0 Å². The van der Waals surface area contributed by atoms with Crippen LogP contribution in [0, 0.1) is 27.7 Å². The molecule has 0 amide bonds. The fourth-order valence-corrected chi connectivity index (χ4v) is 3.68. The van der Waals surface area contributed by atoms with Gasteiger partial charge >= 0.3 is 0 Å². The first-order chi connectivity index (χ1) is 14.8. The summed E-state index contributed by atoms with van der Waals surface area (Å²) in [5, 5.41) is -0.858. The summed E-state index contributed by atoms with van der Waals surface area (Å²) in [6.45, 7) is 8.29. The average molecular weight is 398 g/mol. The lowest BCUT2D eigenvalue weighted by atomic mass is 9.49. The van der Waals surface area contributed by atoms with E-state index in [-0.39, 0.29) is 0 Å². The minimum absolute atomic E-state index is 0.858. The van der Waals surface area contributed by atoms with E-state index in [2.05, 4.69) is 88.4 Å². The van der Waals surface area contributed by atoms with Crippen molar-refractivity contribution in [2.24, 2.45) is 0 Å². The predicted octanol–water partition coefficient (Wildman–Crippen LogP) is 6.81. The molecule has 5 rings (SSSR count). The molecule has 0 N–H and O–H groups in total. The van der Waals surface area contributed by atoms with Crippen molar-refractivity contribution < 1.29 is 0 Å². The van der Waals surface area contributed by atoms with Crippen LogP contribution in [0.2, 0.25) is 0 Å². The van der Waals surface area contributed by atoms with Crippen LogP contribution in [0.3, 0.4) is 0 Å². The Morgan fingerprint density at radius 3 is 1.10 bits per heavy atom. The maximum atomic E-state index is 6.32. The number of benzene rings is 4. The zero-order valence-electron chi connectivity index (χ0n) is 18.9. The lowest BCUT2D eigenvalue weighted by Gasteiger charge is -2.23. The third kappa shape index (κ3) is 5.58. The van der Waals surface area contributed by atoms with Crippen LogP contribution in [0.25, 0.3) is 11.1 Å². The van der Waals surface area contributed by atoms with Gasteiger partial charge in [0, 0.05) is 0 Å². The first-order valence-electron chi connectivity index (χ1n) is 10.6. The van der Waals surface area contributed by atoms with Gasteiger partial charge in [-0.15, -0.1) is 0 Å². The molecule has 0 fully saturated rings. The molecule has 0 aliphatic heterocycles. The fourth-order valence-electron chi connectivity index (χ4n) is 3.68. The van der Waals surface area contributed by atoms with Crippen LogP contribution < -0.4 is 0 Å². The van der Waals surface area contributed by atoms with E-state index in [0.29, 0.717) is 0 Å². The SMILES string of the molecule is Cc1ccccc1.Cc1ccccc1.[B]C1([B])c2cc(C)ccc2-c2ccc(C)cc21. The minimum Gasteiger partial charge on any atom is -0.0622 e. The van der Waals surface area contributed by atoms with Crippen LogP contribution in [-0.2, 0) is 5.21 Å². The maximum absolute atomic E-state index is 6.32. The van der Waals surface area contributed by atoms with Crippen molar-refractivity contribution in [1.29, 1.82) is 0 Å². The molecule has 4 aromatic carbocycles. The molecular formula is C29H28B2. The van der Waals surface area contributed by atoms with E-state index in [1.54, 1.807) is 0 Å². The Kier molecular flexibility index (Phi) is 7.23. The molecule has 0 bridgehead atoms. The van der Waals surface area contributed by atoms with E-state index < -0.39 is 5.21 Å². The number of aryl methyl sites for hydroxylation is 4. The van der Waals surface area contributed by atoms with Crippen molar-refractivity contribution >= 4 is 15.7 Å². The maximum Gasteiger partial charge on any atom is 0.0745 e. The number of hydrogen-bond donors (Lipinski definition) is 0. The summed E-state index contributed by atoms with van der Waals surface area (Å²) in [4.78, 5) is 0. The molecule has 4 aromatic rings. The normalized spacial score (nSPS) is 12.4. The molecule has 0 atom stereocenters. The number of hydrogen-bond acceptors (Lipinski definition) is 0. The third-order valence-corrected chi connectivity index (χ3v) is 5.41. The molecule has 31 heavy (non-hydrogen) atoms. The van der Waals surface area contributed by atoms with Gasteiger partial charge in [0.2, 0.25) is 0 Å². The summed E-state index contributed by atoms with van der Waals surface area (Å²) in [5.41, 5.74) is 9.40. The smallest absolute Gasteiger partial charge is 0.0622 e. The molecule has 150 valence electrons. The van der Waals surface area contributed by atoms with Crippen molar-refractivity contribution in [2.45, 2.75) is 32.9 Å². The Bertz CT molecular complexity index is 1040. The lowest BCUT2D eigenvalue weighted by Crippen LogP contribution is -2.25. The molecule has 2 heteroatoms. The third-order valence-electron chi connectivity index (χ3n) is 5.41. The van der Waals surface area contributed by atoms with Crippen LogP contribution in [0.15, 0.2) is 97.1 Å². The Morgan fingerprint density at radius 1 is 0.452 bits per heavy atom. The topological polar surface area (TPSA) is 0 Å². The molecule has 0 spiro atoms. The summed E-state index contributed by atoms with van der Waals surface area (Å²) in [6.07, 6.45) is 0. The second-order valence-electron chi connectivity index (χ2n) is 8.28. The Morgan fingerprint density at radius 2 is 0.806 bits per heavy atom. The van der Waals surface area contributed by atoms with E-state index in [1.807, 2.05) is 36.4 Å². The highest BCUT2D eigenvalue weighted by Gasteiger charge is 2.34. The van der Waals surface area contributed by atoms with Crippen molar-refractivity contribution in [3.8, 4) is 11.1 Å². The summed E-state index contributed by atoms with van der Waals surface area (Å²) in [7, 11) is 12.6. The van der Waals surface area contributed by atoms with Gasteiger partial charge in [-0.2, -0.15) is 0 Å². The quantitative estimate of drug-likeness (QED) is 0.286. The summed E-state index contributed by atoms with van der Waals surface area (Å²) < 4.78 is 0. The molecule has 4 radical (unpaired) electrons. The average Bonchev–Trinajstić information content (AvgIpc) is 2.96. The van der Waals surface area contributed by atoms with Crippen LogP contribution in [0.1, 0.15) is 33.4 Å². The van der Waals surface area contributed by atoms with Crippen LogP contribution in [-0.4, -0.2) is 15.7 Å². The largest absolute Gasteiger partial charge is 0.0745 e. The lowest BCUT2D eigenvalue weighted by molar-refractivity contribution is 1.07. The zero-order chi connectivity index (χ0) is 22.4. The van der Waals surface area contributed by atoms with Gasteiger partial charge in [0.25, 0.3) is 0 Å². The summed E-state index contributed by atoms with van der Waals surface area (Å²) in [6, 6.07) is 33.1. The van der Waals surface area contributed by atoms with E-state index in [0.717, 1.165) is 22.3 Å².